The Hall–Kier alpha value is -3.89. The number of ether oxygens (including phenoxy) is 2. The van der Waals surface area contributed by atoms with Crippen LogP contribution >= 0.6 is 11.6 Å². The molecule has 2 aliphatic rings. The van der Waals surface area contributed by atoms with E-state index in [1.54, 1.807) is 30.6 Å². The zero-order valence-corrected chi connectivity index (χ0v) is 22.4. The van der Waals surface area contributed by atoms with E-state index < -0.39 is 11.8 Å². The molecule has 2 unspecified atom stereocenters. The van der Waals surface area contributed by atoms with Crippen LogP contribution in [0.5, 0.6) is 5.88 Å². The Morgan fingerprint density at radius 3 is 2.75 bits per heavy atom. The Bertz CT molecular complexity index is 1600. The van der Waals surface area contributed by atoms with E-state index in [1.807, 2.05) is 4.57 Å². The van der Waals surface area contributed by atoms with Crippen molar-refractivity contribution >= 4 is 34.3 Å². The molecule has 4 heterocycles. The van der Waals surface area contributed by atoms with Crippen molar-refractivity contribution in [2.45, 2.75) is 51.4 Å². The standard InChI is InChI=1S/C29H27ClFN5O4/c30-20-6-5-19(22(31)14-20)16-40-28-26(32-10-11-33-28)18-3-1-17(2-4-18)13-25-34-23-7-8-24(29(37)38)35-27(23)36(25)15-21-9-12-39-21/h3,5-8,10-11,14,17,21H,1-2,4,9,12-13,15-16H2,(H,37,38). The Morgan fingerprint density at radius 1 is 1.18 bits per heavy atom. The topological polar surface area (TPSA) is 112 Å². The van der Waals surface area contributed by atoms with E-state index in [9.17, 15) is 14.3 Å². The van der Waals surface area contributed by atoms with Crippen LogP contribution < -0.4 is 4.74 Å². The molecule has 0 amide bonds. The Morgan fingerprint density at radius 2 is 2.02 bits per heavy atom. The summed E-state index contributed by atoms with van der Waals surface area (Å²) < 4.78 is 27.8. The fourth-order valence-electron chi connectivity index (χ4n) is 5.13. The molecule has 4 aromatic rings. The molecule has 0 bridgehead atoms. The number of carboxylic acids is 1. The molecule has 11 heteroatoms. The lowest BCUT2D eigenvalue weighted by atomic mass is 9.86. The van der Waals surface area contributed by atoms with Gasteiger partial charge in [0.15, 0.2) is 11.3 Å². The number of aromatic nitrogens is 5. The number of aromatic carboxylic acids is 1. The molecular formula is C29H27ClFN5O4. The predicted molar refractivity (Wildman–Crippen MR) is 146 cm³/mol. The highest BCUT2D eigenvalue weighted by Gasteiger charge is 2.26. The van der Waals surface area contributed by atoms with Crippen molar-refractivity contribution in [3.05, 3.63) is 82.4 Å². The van der Waals surface area contributed by atoms with E-state index >= 15 is 0 Å². The number of benzene rings is 1. The smallest absolute Gasteiger partial charge is 0.354 e. The fourth-order valence-corrected chi connectivity index (χ4v) is 5.29. The number of hydrogen-bond acceptors (Lipinski definition) is 7. The van der Waals surface area contributed by atoms with Gasteiger partial charge in [-0.2, -0.15) is 0 Å². The molecule has 1 fully saturated rings. The van der Waals surface area contributed by atoms with Gasteiger partial charge in [0.2, 0.25) is 5.88 Å². The molecule has 206 valence electrons. The summed E-state index contributed by atoms with van der Waals surface area (Å²) >= 11 is 5.86. The Kier molecular flexibility index (Phi) is 7.44. The van der Waals surface area contributed by atoms with Gasteiger partial charge in [0, 0.05) is 36.0 Å². The molecule has 3 aromatic heterocycles. The number of pyridine rings is 1. The molecule has 1 aliphatic carbocycles. The van der Waals surface area contributed by atoms with E-state index in [1.165, 1.54) is 12.1 Å². The van der Waals surface area contributed by atoms with Gasteiger partial charge >= 0.3 is 5.97 Å². The number of carboxylic acid groups (broad SMARTS) is 1. The van der Waals surface area contributed by atoms with E-state index in [-0.39, 0.29) is 18.4 Å². The van der Waals surface area contributed by atoms with Crippen LogP contribution in [-0.4, -0.2) is 48.3 Å². The first-order chi connectivity index (χ1) is 19.4. The lowest BCUT2D eigenvalue weighted by Crippen LogP contribution is -2.32. The van der Waals surface area contributed by atoms with Crippen LogP contribution in [0.15, 0.2) is 48.8 Å². The second kappa shape index (κ2) is 11.3. The Balaban J connectivity index is 1.18. The summed E-state index contributed by atoms with van der Waals surface area (Å²) in [7, 11) is 0. The summed E-state index contributed by atoms with van der Waals surface area (Å²) in [6.45, 7) is 1.35. The normalized spacial score (nSPS) is 18.8. The zero-order valence-electron chi connectivity index (χ0n) is 21.6. The van der Waals surface area contributed by atoms with Gasteiger partial charge in [-0.3, -0.25) is 0 Å². The zero-order chi connectivity index (χ0) is 27.6. The highest BCUT2D eigenvalue weighted by Crippen LogP contribution is 2.35. The van der Waals surface area contributed by atoms with Gasteiger partial charge in [-0.05, 0) is 61.4 Å². The number of allylic oxidation sites excluding steroid dienone is 2. The molecule has 0 saturated carbocycles. The van der Waals surface area contributed by atoms with Crippen molar-refractivity contribution in [2.75, 3.05) is 6.61 Å². The second-order valence-corrected chi connectivity index (χ2v) is 10.5. The summed E-state index contributed by atoms with van der Waals surface area (Å²) in [6.07, 6.45) is 9.62. The second-order valence-electron chi connectivity index (χ2n) is 10.1. The van der Waals surface area contributed by atoms with E-state index in [0.717, 1.165) is 50.1 Å². The van der Waals surface area contributed by atoms with Crippen LogP contribution in [0.4, 0.5) is 4.39 Å². The molecule has 1 saturated heterocycles. The predicted octanol–water partition coefficient (Wildman–Crippen LogP) is 5.51. The molecule has 1 N–H and O–H groups in total. The van der Waals surface area contributed by atoms with Gasteiger partial charge in [-0.15, -0.1) is 0 Å². The van der Waals surface area contributed by atoms with E-state index in [4.69, 9.17) is 26.1 Å². The number of hydrogen-bond donors (Lipinski definition) is 1. The maximum absolute atomic E-state index is 14.2. The van der Waals surface area contributed by atoms with Gasteiger partial charge in [-0.25, -0.2) is 29.1 Å². The number of nitrogens with zero attached hydrogens (tertiary/aromatic N) is 5. The molecule has 0 radical (unpaired) electrons. The summed E-state index contributed by atoms with van der Waals surface area (Å²) in [5, 5.41) is 9.76. The first kappa shape index (κ1) is 26.3. The van der Waals surface area contributed by atoms with Crippen molar-refractivity contribution in [2.24, 2.45) is 5.92 Å². The minimum atomic E-state index is -1.06. The number of imidazole rings is 1. The SMILES string of the molecule is O=C(O)c1ccc2nc(CC3CC=C(c4nccnc4OCc4ccc(Cl)cc4F)CC3)n(CC3CCO3)c2n1. The maximum atomic E-state index is 14.2. The first-order valence-electron chi connectivity index (χ1n) is 13.2. The van der Waals surface area contributed by atoms with Crippen LogP contribution in [0.2, 0.25) is 5.02 Å². The lowest BCUT2D eigenvalue weighted by molar-refractivity contribution is -0.0591. The van der Waals surface area contributed by atoms with Gasteiger partial charge < -0.3 is 19.1 Å². The molecule has 1 aliphatic heterocycles. The third kappa shape index (κ3) is 5.55. The molecule has 40 heavy (non-hydrogen) atoms. The van der Waals surface area contributed by atoms with Crippen LogP contribution in [0.1, 0.15) is 53.3 Å². The molecule has 1 aromatic carbocycles. The van der Waals surface area contributed by atoms with Crippen molar-refractivity contribution in [3.63, 3.8) is 0 Å². The fraction of sp³-hybridized carbons (Fsp3) is 0.345. The molecular weight excluding hydrogens is 537 g/mol. The number of fused-ring (bicyclic) bond motifs is 1. The average Bonchev–Trinajstić information content (AvgIpc) is 3.26. The highest BCUT2D eigenvalue weighted by molar-refractivity contribution is 6.30. The Labute approximate surface area is 234 Å². The molecule has 0 spiro atoms. The molecule has 6 rings (SSSR count). The van der Waals surface area contributed by atoms with Crippen LogP contribution in [0, 0.1) is 11.7 Å². The van der Waals surface area contributed by atoms with Gasteiger partial charge in [-0.1, -0.05) is 23.7 Å². The van der Waals surface area contributed by atoms with Crippen molar-refractivity contribution in [3.8, 4) is 5.88 Å². The quantitative estimate of drug-likeness (QED) is 0.284. The van der Waals surface area contributed by atoms with Crippen LogP contribution in [0.25, 0.3) is 16.7 Å². The monoisotopic (exact) mass is 563 g/mol. The number of halogens is 2. The molecule has 2 atom stereocenters. The van der Waals surface area contributed by atoms with Gasteiger partial charge in [0.25, 0.3) is 0 Å². The van der Waals surface area contributed by atoms with Gasteiger partial charge in [0.05, 0.1) is 12.6 Å². The minimum absolute atomic E-state index is 0.000707. The van der Waals surface area contributed by atoms with Crippen LogP contribution in [-0.2, 0) is 24.3 Å². The average molecular weight is 564 g/mol. The summed E-state index contributed by atoms with van der Waals surface area (Å²) in [4.78, 5) is 29.6. The summed E-state index contributed by atoms with van der Waals surface area (Å²) in [5.41, 5.74) is 3.36. The van der Waals surface area contributed by atoms with Crippen molar-refractivity contribution < 1.29 is 23.8 Å². The number of carbonyl (C=O) groups is 1. The lowest BCUT2D eigenvalue weighted by Gasteiger charge is -2.28. The third-order valence-corrected chi connectivity index (χ3v) is 7.64. The maximum Gasteiger partial charge on any atom is 0.354 e. The third-order valence-electron chi connectivity index (χ3n) is 7.41. The van der Waals surface area contributed by atoms with E-state index in [2.05, 4.69) is 21.0 Å². The summed E-state index contributed by atoms with van der Waals surface area (Å²) in [5.74, 6) is 0.0958. The van der Waals surface area contributed by atoms with Gasteiger partial charge in [0.1, 0.15) is 29.5 Å². The number of rotatable bonds is 9. The van der Waals surface area contributed by atoms with Crippen LogP contribution in [0.3, 0.4) is 0 Å². The van der Waals surface area contributed by atoms with E-state index in [0.29, 0.717) is 45.8 Å². The molecule has 9 nitrogen and oxygen atoms in total. The first-order valence-corrected chi connectivity index (χ1v) is 13.6. The van der Waals surface area contributed by atoms with Crippen molar-refractivity contribution in [1.29, 1.82) is 0 Å². The summed E-state index contributed by atoms with van der Waals surface area (Å²) in [6, 6.07) is 7.69. The van der Waals surface area contributed by atoms with Crippen molar-refractivity contribution in [1.82, 2.24) is 24.5 Å². The highest BCUT2D eigenvalue weighted by atomic mass is 35.5. The minimum Gasteiger partial charge on any atom is -0.477 e. The largest absolute Gasteiger partial charge is 0.477 e.